The van der Waals surface area contributed by atoms with Gasteiger partial charge in [0.25, 0.3) is 11.8 Å². The van der Waals surface area contributed by atoms with E-state index in [4.69, 9.17) is 19.9 Å². The highest BCUT2D eigenvalue weighted by Crippen LogP contribution is 2.37. The first-order valence-electron chi connectivity index (χ1n) is 14.3. The molecule has 1 atom stereocenters. The van der Waals surface area contributed by atoms with Gasteiger partial charge in [-0.15, -0.1) is 0 Å². The van der Waals surface area contributed by atoms with Gasteiger partial charge in [-0.2, -0.15) is 0 Å². The van der Waals surface area contributed by atoms with Gasteiger partial charge in [-0.3, -0.25) is 14.6 Å². The van der Waals surface area contributed by atoms with E-state index in [1.54, 1.807) is 30.2 Å². The lowest BCUT2D eigenvalue weighted by Crippen LogP contribution is -2.43. The Morgan fingerprint density at radius 1 is 1.18 bits per heavy atom. The van der Waals surface area contributed by atoms with E-state index in [0.717, 1.165) is 6.07 Å². The zero-order chi connectivity index (χ0) is 32.8. The summed E-state index contributed by atoms with van der Waals surface area (Å²) in [6, 6.07) is 3.28. The van der Waals surface area contributed by atoms with Crippen LogP contribution in [0.4, 0.5) is 9.18 Å². The third-order valence-electron chi connectivity index (χ3n) is 6.83. The molecule has 1 aromatic heterocycles. The molecule has 1 aromatic carbocycles. The Balaban J connectivity index is 1.96. The number of nitrogens with two attached hydrogens (primary N) is 1. The molecule has 240 valence electrons. The smallest absolute Gasteiger partial charge is 0.407 e. The van der Waals surface area contributed by atoms with Crippen LogP contribution in [0.5, 0.6) is 5.75 Å². The van der Waals surface area contributed by atoms with E-state index in [-0.39, 0.29) is 65.7 Å². The number of carbonyl (C=O) groups excluding carboxylic acids is 4. The molecule has 0 saturated heterocycles. The van der Waals surface area contributed by atoms with Gasteiger partial charge in [-0.1, -0.05) is 6.07 Å². The number of rotatable bonds is 11. The molecule has 2 aromatic rings. The lowest BCUT2D eigenvalue weighted by atomic mass is 10.1. The fraction of sp³-hybridized carbons (Fsp3) is 0.500. The predicted molar refractivity (Wildman–Crippen MR) is 161 cm³/mol. The first-order valence-corrected chi connectivity index (χ1v) is 14.3. The van der Waals surface area contributed by atoms with Gasteiger partial charge in [0.05, 0.1) is 19.8 Å². The molecule has 3 rings (SSSR count). The standard InChI is InChI=1S/C30H41FN6O7/c1-8-36-16-17(2)37-22(25(32)33-12-9-13-34-29(41)44-30(3,4)5)21(24(42-6)23(37)27(36)39)26(38)35-15-18-10-11-19(31)14-20(18)28(40)43-7/h10-11,14,17H,8-9,12-13,15-16H2,1-7H3,(H2,32,33)(H,34,41)(H,35,38)/t17-/m0/s1. The van der Waals surface area contributed by atoms with Gasteiger partial charge in [0.15, 0.2) is 11.4 Å². The van der Waals surface area contributed by atoms with Crippen molar-refractivity contribution in [1.29, 1.82) is 0 Å². The fourth-order valence-electron chi connectivity index (χ4n) is 4.90. The van der Waals surface area contributed by atoms with Crippen LogP contribution in [0.1, 0.15) is 89.5 Å². The molecule has 1 aliphatic heterocycles. The molecule has 3 amide bonds. The number of amidine groups is 1. The summed E-state index contributed by atoms with van der Waals surface area (Å²) in [7, 11) is 2.52. The number of halogens is 1. The number of aliphatic imine (C=N–C) groups is 1. The van der Waals surface area contributed by atoms with Gasteiger partial charge in [0, 0.05) is 38.8 Å². The van der Waals surface area contributed by atoms with Crippen molar-refractivity contribution >= 4 is 29.7 Å². The van der Waals surface area contributed by atoms with E-state index in [2.05, 4.69) is 15.6 Å². The minimum absolute atomic E-state index is 0.00130. The molecule has 0 fully saturated rings. The molecule has 0 spiro atoms. The molecule has 4 N–H and O–H groups in total. The average Bonchev–Trinajstić information content (AvgIpc) is 3.33. The molecule has 0 radical (unpaired) electrons. The number of esters is 1. The van der Waals surface area contributed by atoms with E-state index in [1.165, 1.54) is 26.4 Å². The molecular formula is C30H41FN6O7. The van der Waals surface area contributed by atoms with Crippen LogP contribution in [0.3, 0.4) is 0 Å². The van der Waals surface area contributed by atoms with Crippen molar-refractivity contribution in [3.63, 3.8) is 0 Å². The molecular weight excluding hydrogens is 575 g/mol. The topological polar surface area (TPSA) is 167 Å². The minimum atomic E-state index is -0.761. The summed E-state index contributed by atoms with van der Waals surface area (Å²) < 4.78 is 31.1. The van der Waals surface area contributed by atoms with E-state index in [9.17, 15) is 23.6 Å². The van der Waals surface area contributed by atoms with Gasteiger partial charge < -0.3 is 40.0 Å². The monoisotopic (exact) mass is 616 g/mol. The van der Waals surface area contributed by atoms with Crippen LogP contribution in [0, 0.1) is 5.82 Å². The first-order chi connectivity index (χ1) is 20.7. The third-order valence-corrected chi connectivity index (χ3v) is 6.83. The van der Waals surface area contributed by atoms with Gasteiger partial charge >= 0.3 is 12.1 Å². The van der Waals surface area contributed by atoms with Crippen LogP contribution in [0.15, 0.2) is 23.2 Å². The second-order valence-corrected chi connectivity index (χ2v) is 11.2. The molecule has 1 aliphatic rings. The van der Waals surface area contributed by atoms with Crippen LogP contribution in [0.25, 0.3) is 0 Å². The van der Waals surface area contributed by atoms with Crippen LogP contribution < -0.4 is 21.1 Å². The largest absolute Gasteiger partial charge is 0.493 e. The van der Waals surface area contributed by atoms with Gasteiger partial charge in [-0.25, -0.2) is 14.0 Å². The van der Waals surface area contributed by atoms with Gasteiger partial charge in [-0.05, 0) is 58.7 Å². The summed E-state index contributed by atoms with van der Waals surface area (Å²) >= 11 is 0. The number of aromatic nitrogens is 1. The zero-order valence-electron chi connectivity index (χ0n) is 26.2. The van der Waals surface area contributed by atoms with Crippen LogP contribution in [0.2, 0.25) is 0 Å². The number of likely N-dealkylation sites (N-methyl/N-ethyl adjacent to an activating group) is 1. The van der Waals surface area contributed by atoms with Crippen LogP contribution >= 0.6 is 0 Å². The highest BCUT2D eigenvalue weighted by molar-refractivity contribution is 6.13. The number of carbonyl (C=O) groups is 4. The summed E-state index contributed by atoms with van der Waals surface area (Å²) in [4.78, 5) is 57.5. The first kappa shape index (κ1) is 33.9. The number of amides is 3. The maximum Gasteiger partial charge on any atom is 0.407 e. The maximum atomic E-state index is 13.9. The van der Waals surface area contributed by atoms with Crippen molar-refractivity contribution < 1.29 is 37.8 Å². The molecule has 0 aliphatic carbocycles. The second-order valence-electron chi connectivity index (χ2n) is 11.2. The van der Waals surface area contributed by atoms with Crippen molar-refractivity contribution in [2.45, 2.75) is 59.2 Å². The molecule has 2 heterocycles. The summed E-state index contributed by atoms with van der Waals surface area (Å²) in [6.45, 7) is 10.2. The normalized spacial score (nSPS) is 15.0. The Labute approximate surface area is 255 Å². The number of nitrogens with zero attached hydrogens (tertiary/aromatic N) is 3. The number of benzene rings is 1. The Morgan fingerprint density at radius 3 is 2.50 bits per heavy atom. The molecule has 0 bridgehead atoms. The minimum Gasteiger partial charge on any atom is -0.493 e. The van der Waals surface area contributed by atoms with Crippen molar-refractivity contribution in [2.75, 3.05) is 40.4 Å². The SMILES string of the molecule is CCN1C[C@H](C)n2c(c(OC)c(C(=O)NCc3ccc(F)cc3C(=O)OC)c2C(N)=NCCCNC(=O)OC(C)(C)C)C1=O. The van der Waals surface area contributed by atoms with E-state index in [1.807, 2.05) is 13.8 Å². The van der Waals surface area contributed by atoms with Gasteiger partial charge in [0.1, 0.15) is 28.5 Å². The fourth-order valence-corrected chi connectivity index (χ4v) is 4.90. The van der Waals surface area contributed by atoms with Crippen LogP contribution in [-0.2, 0) is 16.0 Å². The van der Waals surface area contributed by atoms with Crippen molar-refractivity contribution in [3.8, 4) is 5.75 Å². The maximum absolute atomic E-state index is 13.9. The lowest BCUT2D eigenvalue weighted by Gasteiger charge is -2.33. The Bertz CT molecular complexity index is 1450. The number of hydrogen-bond donors (Lipinski definition) is 3. The van der Waals surface area contributed by atoms with Crippen molar-refractivity contribution in [1.82, 2.24) is 20.1 Å². The Hall–Kier alpha value is -4.62. The second kappa shape index (κ2) is 14.2. The average molecular weight is 617 g/mol. The lowest BCUT2D eigenvalue weighted by molar-refractivity contribution is 0.0525. The Kier molecular flexibility index (Phi) is 11.0. The number of methoxy groups -OCH3 is 2. The van der Waals surface area contributed by atoms with Gasteiger partial charge in [0.2, 0.25) is 0 Å². The quantitative estimate of drug-likeness (QED) is 0.150. The molecule has 0 saturated carbocycles. The van der Waals surface area contributed by atoms with E-state index < -0.39 is 29.4 Å². The number of ether oxygens (including phenoxy) is 3. The number of hydrogen-bond acceptors (Lipinski definition) is 8. The zero-order valence-corrected chi connectivity index (χ0v) is 26.2. The highest BCUT2D eigenvalue weighted by Gasteiger charge is 2.40. The summed E-state index contributed by atoms with van der Waals surface area (Å²) in [6.07, 6.45) is -0.131. The van der Waals surface area contributed by atoms with Crippen molar-refractivity contribution in [3.05, 3.63) is 52.1 Å². The number of alkyl carbamates (subject to hydrolysis) is 1. The number of nitrogens with one attached hydrogen (secondary N) is 2. The summed E-state index contributed by atoms with van der Waals surface area (Å²) in [5.74, 6) is -2.34. The molecule has 44 heavy (non-hydrogen) atoms. The molecule has 13 nitrogen and oxygen atoms in total. The predicted octanol–water partition coefficient (Wildman–Crippen LogP) is 3.01. The van der Waals surface area contributed by atoms with E-state index >= 15 is 0 Å². The molecule has 14 heteroatoms. The highest BCUT2D eigenvalue weighted by atomic mass is 19.1. The Morgan fingerprint density at radius 2 is 1.89 bits per heavy atom. The van der Waals surface area contributed by atoms with Crippen LogP contribution in [-0.4, -0.2) is 85.2 Å². The summed E-state index contributed by atoms with van der Waals surface area (Å²) in [5, 5.41) is 5.39. The van der Waals surface area contributed by atoms with E-state index in [0.29, 0.717) is 25.1 Å². The number of fused-ring (bicyclic) bond motifs is 1. The van der Waals surface area contributed by atoms with Crippen molar-refractivity contribution in [2.24, 2.45) is 10.7 Å². The molecule has 0 unspecified atom stereocenters. The third kappa shape index (κ3) is 7.66. The summed E-state index contributed by atoms with van der Waals surface area (Å²) in [5.41, 5.74) is 6.50.